The highest BCUT2D eigenvalue weighted by Crippen LogP contribution is 2.49. The molecule has 0 aliphatic carbocycles. The van der Waals surface area contributed by atoms with Gasteiger partial charge in [0.05, 0.1) is 10.6 Å². The number of hydrogen-bond acceptors (Lipinski definition) is 4. The standard InChI is InChI=1S/C35H41N2O3S/c1-6-9-14-26-18-21-33-32(22-26)35(30-17-11-10-13-25(30)4)31-20-19-28(24-34(31)40-33)37(7-2,8-3)36-27-15-12-16-29(23-27)41(5,38)39/h10-13,15-24,35-36H,6-9,14H2,1-5H3/q+1. The molecule has 1 N–H and O–H groups in total. The van der Waals surface area contributed by atoms with Crippen molar-refractivity contribution in [3.05, 3.63) is 113 Å². The molecule has 0 bridgehead atoms. The molecule has 6 heteroatoms. The van der Waals surface area contributed by atoms with E-state index >= 15 is 0 Å². The normalized spacial score (nSPS) is 14.6. The van der Waals surface area contributed by atoms with Crippen LogP contribution in [-0.2, 0) is 16.3 Å². The van der Waals surface area contributed by atoms with Gasteiger partial charge in [-0.15, -0.1) is 0 Å². The van der Waals surface area contributed by atoms with E-state index in [4.69, 9.17) is 4.74 Å². The van der Waals surface area contributed by atoms with Gasteiger partial charge in [-0.3, -0.25) is 0 Å². The number of nitrogens with one attached hydrogen (secondary N) is 1. The van der Waals surface area contributed by atoms with E-state index in [-0.39, 0.29) is 5.92 Å². The number of benzene rings is 4. The van der Waals surface area contributed by atoms with Crippen LogP contribution >= 0.6 is 0 Å². The zero-order valence-electron chi connectivity index (χ0n) is 24.8. The second-order valence-corrected chi connectivity index (χ2v) is 13.1. The maximum atomic E-state index is 12.2. The minimum atomic E-state index is -3.31. The Morgan fingerprint density at radius 3 is 2.29 bits per heavy atom. The predicted octanol–water partition coefficient (Wildman–Crippen LogP) is 8.40. The summed E-state index contributed by atoms with van der Waals surface area (Å²) in [5.74, 6) is 1.85. The summed E-state index contributed by atoms with van der Waals surface area (Å²) in [6.45, 7) is 10.2. The lowest BCUT2D eigenvalue weighted by Crippen LogP contribution is -2.53. The first-order chi connectivity index (χ1) is 19.7. The predicted molar refractivity (Wildman–Crippen MR) is 170 cm³/mol. The third kappa shape index (κ3) is 5.77. The van der Waals surface area contributed by atoms with Gasteiger partial charge < -0.3 is 4.74 Å². The highest BCUT2D eigenvalue weighted by Gasteiger charge is 2.34. The lowest BCUT2D eigenvalue weighted by molar-refractivity contribution is 0.356. The Kier molecular flexibility index (Phi) is 8.25. The van der Waals surface area contributed by atoms with Crippen molar-refractivity contribution >= 4 is 21.2 Å². The maximum absolute atomic E-state index is 12.2. The minimum absolute atomic E-state index is 0.0788. The number of hydrogen-bond donors (Lipinski definition) is 1. The first kappa shape index (κ1) is 28.9. The number of anilines is 1. The largest absolute Gasteiger partial charge is 0.456 e. The fraction of sp³-hybridized carbons (Fsp3) is 0.314. The molecule has 0 saturated carbocycles. The number of aryl methyl sites for hydroxylation is 2. The average Bonchev–Trinajstić information content (AvgIpc) is 2.97. The van der Waals surface area contributed by atoms with Crippen LogP contribution in [0.15, 0.2) is 89.8 Å². The van der Waals surface area contributed by atoms with Gasteiger partial charge in [-0.05, 0) is 80.6 Å². The Morgan fingerprint density at radius 1 is 0.805 bits per heavy atom. The molecule has 0 aromatic heterocycles. The van der Waals surface area contributed by atoms with Crippen molar-refractivity contribution in [2.24, 2.45) is 0 Å². The second-order valence-electron chi connectivity index (χ2n) is 11.1. The Hall–Kier alpha value is -3.61. The Morgan fingerprint density at radius 2 is 1.59 bits per heavy atom. The molecule has 1 atom stereocenters. The number of unbranched alkanes of at least 4 members (excludes halogenated alkanes) is 1. The van der Waals surface area contributed by atoms with Crippen molar-refractivity contribution in [1.82, 2.24) is 4.59 Å². The Labute approximate surface area is 245 Å². The first-order valence-electron chi connectivity index (χ1n) is 14.6. The molecule has 1 aliphatic rings. The van der Waals surface area contributed by atoms with Crippen LogP contribution in [0.25, 0.3) is 0 Å². The van der Waals surface area contributed by atoms with E-state index in [0.29, 0.717) is 9.49 Å². The summed E-state index contributed by atoms with van der Waals surface area (Å²) in [6, 6.07) is 28.9. The monoisotopic (exact) mass is 569 g/mol. The molecule has 1 aliphatic heterocycles. The van der Waals surface area contributed by atoms with Crippen molar-refractivity contribution in [2.75, 3.05) is 24.8 Å². The number of nitrogens with zero attached hydrogens (tertiary/aromatic N) is 1. The fourth-order valence-corrected chi connectivity index (χ4v) is 6.62. The van der Waals surface area contributed by atoms with Crippen molar-refractivity contribution in [1.29, 1.82) is 0 Å². The minimum Gasteiger partial charge on any atom is -0.456 e. The van der Waals surface area contributed by atoms with Gasteiger partial charge in [-0.1, -0.05) is 55.8 Å². The van der Waals surface area contributed by atoms with Gasteiger partial charge in [-0.25, -0.2) is 13.8 Å². The van der Waals surface area contributed by atoms with Crippen LogP contribution in [0, 0.1) is 6.92 Å². The molecule has 214 valence electrons. The van der Waals surface area contributed by atoms with E-state index in [2.05, 4.69) is 93.8 Å². The van der Waals surface area contributed by atoms with Crippen LogP contribution in [0.4, 0.5) is 11.4 Å². The number of ether oxygens (including phenoxy) is 1. The van der Waals surface area contributed by atoms with E-state index in [1.165, 1.54) is 41.4 Å². The van der Waals surface area contributed by atoms with E-state index < -0.39 is 9.84 Å². The average molecular weight is 570 g/mol. The molecule has 0 radical (unpaired) electrons. The third-order valence-corrected chi connectivity index (χ3v) is 9.52. The molecule has 5 nitrogen and oxygen atoms in total. The van der Waals surface area contributed by atoms with Crippen molar-refractivity contribution in [3.63, 3.8) is 0 Å². The van der Waals surface area contributed by atoms with E-state index in [1.54, 1.807) is 18.2 Å². The lowest BCUT2D eigenvalue weighted by atomic mass is 9.80. The number of quaternary nitrogens is 1. The number of rotatable bonds is 10. The smallest absolute Gasteiger partial charge is 0.175 e. The van der Waals surface area contributed by atoms with Crippen LogP contribution < -0.4 is 14.8 Å². The molecule has 4 aromatic rings. The Balaban J connectivity index is 1.60. The summed E-state index contributed by atoms with van der Waals surface area (Å²) >= 11 is 0. The molecule has 0 spiro atoms. The van der Waals surface area contributed by atoms with Gasteiger partial charge in [0.1, 0.15) is 24.6 Å². The van der Waals surface area contributed by atoms with Crippen LogP contribution in [-0.4, -0.2) is 27.8 Å². The number of sulfone groups is 1. The lowest BCUT2D eigenvalue weighted by Gasteiger charge is -2.37. The molecule has 4 aromatic carbocycles. The molecule has 41 heavy (non-hydrogen) atoms. The molecule has 0 fully saturated rings. The van der Waals surface area contributed by atoms with E-state index in [0.717, 1.165) is 47.9 Å². The van der Waals surface area contributed by atoms with Gasteiger partial charge in [0.25, 0.3) is 0 Å². The van der Waals surface area contributed by atoms with Gasteiger partial charge in [0.2, 0.25) is 0 Å². The molecule has 0 amide bonds. The van der Waals surface area contributed by atoms with Crippen molar-refractivity contribution in [3.8, 4) is 11.5 Å². The van der Waals surface area contributed by atoms with Crippen molar-refractivity contribution < 1.29 is 13.2 Å². The van der Waals surface area contributed by atoms with Crippen LogP contribution in [0.1, 0.15) is 67.3 Å². The topological polar surface area (TPSA) is 55.4 Å². The third-order valence-electron chi connectivity index (χ3n) is 8.41. The molecule has 5 rings (SSSR count). The highest BCUT2D eigenvalue weighted by atomic mass is 32.2. The zero-order valence-corrected chi connectivity index (χ0v) is 25.6. The van der Waals surface area contributed by atoms with Gasteiger partial charge >= 0.3 is 0 Å². The Bertz CT molecular complexity index is 1660. The maximum Gasteiger partial charge on any atom is 0.175 e. The summed E-state index contributed by atoms with van der Waals surface area (Å²) in [6.07, 6.45) is 4.64. The second kappa shape index (κ2) is 11.7. The summed E-state index contributed by atoms with van der Waals surface area (Å²) in [4.78, 5) is 0.303. The fourth-order valence-electron chi connectivity index (χ4n) is 5.96. The molecule has 0 saturated heterocycles. The summed E-state index contributed by atoms with van der Waals surface area (Å²) in [7, 11) is -3.31. The number of fused-ring (bicyclic) bond motifs is 2. The van der Waals surface area contributed by atoms with Gasteiger partial charge in [0, 0.05) is 35.4 Å². The van der Waals surface area contributed by atoms with Crippen molar-refractivity contribution in [2.45, 2.75) is 57.8 Å². The SMILES string of the molecule is CCCCc1ccc2c(c1)C(c1ccccc1C)c1ccc([N+](CC)(CC)Nc3cccc(S(C)(=O)=O)c3)cc1O2. The van der Waals surface area contributed by atoms with E-state index in [9.17, 15) is 8.42 Å². The molecule has 1 heterocycles. The van der Waals surface area contributed by atoms with E-state index in [1.807, 2.05) is 6.07 Å². The first-order valence-corrected chi connectivity index (χ1v) is 16.5. The van der Waals surface area contributed by atoms with Crippen LogP contribution in [0.2, 0.25) is 0 Å². The zero-order chi connectivity index (χ0) is 29.2. The highest BCUT2D eigenvalue weighted by molar-refractivity contribution is 7.90. The molecule has 1 unspecified atom stereocenters. The van der Waals surface area contributed by atoms with Gasteiger partial charge in [-0.2, -0.15) is 4.59 Å². The quantitative estimate of drug-likeness (QED) is 0.136. The molecular weight excluding hydrogens is 528 g/mol. The van der Waals surface area contributed by atoms with Gasteiger partial charge in [0.15, 0.2) is 15.5 Å². The van der Waals surface area contributed by atoms with Crippen LogP contribution in [0.5, 0.6) is 11.5 Å². The van der Waals surface area contributed by atoms with Crippen LogP contribution in [0.3, 0.4) is 0 Å². The summed E-state index contributed by atoms with van der Waals surface area (Å²) < 4.78 is 31.5. The summed E-state index contributed by atoms with van der Waals surface area (Å²) in [5, 5.41) is 0. The summed E-state index contributed by atoms with van der Waals surface area (Å²) in [5.41, 5.74) is 11.7. The molecular formula is C35H41N2O3S+.